The first-order valence-electron chi connectivity index (χ1n) is 6.65. The summed E-state index contributed by atoms with van der Waals surface area (Å²) in [6.07, 6.45) is -3.74. The second-order valence-electron chi connectivity index (χ2n) is 4.58. The van der Waals surface area contributed by atoms with Gasteiger partial charge in [0.1, 0.15) is 0 Å². The van der Waals surface area contributed by atoms with Crippen LogP contribution >= 0.6 is 15.9 Å². The van der Waals surface area contributed by atoms with Crippen molar-refractivity contribution in [3.05, 3.63) is 34.3 Å². The Bertz CT molecular complexity index is 504. The van der Waals surface area contributed by atoms with Crippen LogP contribution in [0.25, 0.3) is 0 Å². The molecule has 0 bridgehead atoms. The number of carbonyl (C=O) groups is 2. The summed E-state index contributed by atoms with van der Waals surface area (Å²) in [5, 5.41) is 4.34. The Labute approximate surface area is 134 Å². The molecule has 4 nitrogen and oxygen atoms in total. The van der Waals surface area contributed by atoms with Crippen LogP contribution in [0.2, 0.25) is 0 Å². The van der Waals surface area contributed by atoms with E-state index in [0.717, 1.165) is 10.0 Å². The molecule has 0 atom stereocenters. The first-order valence-corrected chi connectivity index (χ1v) is 7.44. The lowest BCUT2D eigenvalue weighted by Crippen LogP contribution is -2.38. The molecule has 1 aromatic carbocycles. The van der Waals surface area contributed by atoms with Crippen molar-refractivity contribution in [3.63, 3.8) is 0 Å². The lowest BCUT2D eigenvalue weighted by Gasteiger charge is -2.08. The molecule has 8 heteroatoms. The Kier molecular flexibility index (Phi) is 7.37. The number of amides is 2. The maximum atomic E-state index is 11.9. The van der Waals surface area contributed by atoms with E-state index >= 15 is 0 Å². The van der Waals surface area contributed by atoms with Gasteiger partial charge in [0.25, 0.3) is 0 Å². The van der Waals surface area contributed by atoms with E-state index in [2.05, 4.69) is 21.2 Å². The largest absolute Gasteiger partial charge is 0.471 e. The van der Waals surface area contributed by atoms with Gasteiger partial charge < -0.3 is 10.6 Å². The summed E-state index contributed by atoms with van der Waals surface area (Å²) >= 11 is 3.32. The molecular formula is C14H16BrF3N2O2. The molecule has 1 rings (SSSR count). The van der Waals surface area contributed by atoms with Gasteiger partial charge in [-0.2, -0.15) is 13.2 Å². The Balaban J connectivity index is 2.11. The number of rotatable bonds is 7. The summed E-state index contributed by atoms with van der Waals surface area (Å²) in [5.41, 5.74) is 1.02. The van der Waals surface area contributed by atoms with Crippen molar-refractivity contribution in [2.45, 2.75) is 25.4 Å². The molecule has 0 fully saturated rings. The number of alkyl halides is 3. The van der Waals surface area contributed by atoms with Gasteiger partial charge in [-0.1, -0.05) is 28.1 Å². The Morgan fingerprint density at radius 3 is 2.23 bits per heavy atom. The molecule has 0 aliphatic carbocycles. The molecule has 0 saturated heterocycles. The summed E-state index contributed by atoms with van der Waals surface area (Å²) in [4.78, 5) is 22.1. The van der Waals surface area contributed by atoms with Crippen LogP contribution < -0.4 is 10.6 Å². The van der Waals surface area contributed by atoms with Gasteiger partial charge in [0, 0.05) is 24.0 Å². The molecular weight excluding hydrogens is 365 g/mol. The molecule has 0 aliphatic heterocycles. The van der Waals surface area contributed by atoms with Gasteiger partial charge >= 0.3 is 12.1 Å². The minimum Gasteiger partial charge on any atom is -0.356 e. The van der Waals surface area contributed by atoms with Crippen LogP contribution in [-0.4, -0.2) is 31.1 Å². The zero-order valence-electron chi connectivity index (χ0n) is 11.7. The van der Waals surface area contributed by atoms with Crippen LogP contribution in [-0.2, 0) is 16.0 Å². The summed E-state index contributed by atoms with van der Waals surface area (Å²) in [6.45, 7) is 0.0860. The molecule has 0 spiro atoms. The summed E-state index contributed by atoms with van der Waals surface area (Å²) in [5.74, 6) is -2.14. The third kappa shape index (κ3) is 7.44. The van der Waals surface area contributed by atoms with Crippen molar-refractivity contribution < 1.29 is 22.8 Å². The number of halogens is 4. The number of carbonyl (C=O) groups excluding carboxylic acids is 2. The fourth-order valence-electron chi connectivity index (χ4n) is 1.62. The predicted molar refractivity (Wildman–Crippen MR) is 79.2 cm³/mol. The van der Waals surface area contributed by atoms with Gasteiger partial charge in [0.05, 0.1) is 0 Å². The zero-order chi connectivity index (χ0) is 16.6. The van der Waals surface area contributed by atoms with E-state index in [1.165, 1.54) is 0 Å². The van der Waals surface area contributed by atoms with Gasteiger partial charge in [-0.05, 0) is 30.5 Å². The normalized spacial score (nSPS) is 11.1. The van der Waals surface area contributed by atoms with E-state index in [9.17, 15) is 22.8 Å². The van der Waals surface area contributed by atoms with Crippen LogP contribution in [0.5, 0.6) is 0 Å². The molecule has 0 heterocycles. The molecule has 0 unspecified atom stereocenters. The molecule has 0 aromatic heterocycles. The van der Waals surface area contributed by atoms with Gasteiger partial charge in [-0.3, -0.25) is 9.59 Å². The average Bonchev–Trinajstić information content (AvgIpc) is 2.45. The van der Waals surface area contributed by atoms with Gasteiger partial charge in [0.15, 0.2) is 0 Å². The summed E-state index contributed by atoms with van der Waals surface area (Å²) in [6, 6.07) is 7.58. The molecule has 2 N–H and O–H groups in total. The van der Waals surface area contributed by atoms with E-state index in [4.69, 9.17) is 0 Å². The monoisotopic (exact) mass is 380 g/mol. The van der Waals surface area contributed by atoms with Crippen LogP contribution in [0.15, 0.2) is 28.7 Å². The number of hydrogen-bond donors (Lipinski definition) is 2. The van der Waals surface area contributed by atoms with E-state index in [-0.39, 0.29) is 25.4 Å². The quantitative estimate of drug-likeness (QED) is 0.714. The number of nitrogens with one attached hydrogen (secondary N) is 2. The zero-order valence-corrected chi connectivity index (χ0v) is 13.3. The van der Waals surface area contributed by atoms with Crippen LogP contribution in [0, 0.1) is 0 Å². The second kappa shape index (κ2) is 8.77. The highest BCUT2D eigenvalue weighted by atomic mass is 79.9. The van der Waals surface area contributed by atoms with Gasteiger partial charge in [-0.15, -0.1) is 0 Å². The second-order valence-corrected chi connectivity index (χ2v) is 5.50. The van der Waals surface area contributed by atoms with Crippen LogP contribution in [0.4, 0.5) is 13.2 Å². The van der Waals surface area contributed by atoms with Crippen LogP contribution in [0.1, 0.15) is 18.4 Å². The number of benzene rings is 1. The van der Waals surface area contributed by atoms with Crippen molar-refractivity contribution in [1.29, 1.82) is 0 Å². The van der Waals surface area contributed by atoms with Crippen molar-refractivity contribution in [2.24, 2.45) is 0 Å². The maximum Gasteiger partial charge on any atom is 0.471 e. The van der Waals surface area contributed by atoms with Gasteiger partial charge in [-0.25, -0.2) is 0 Å². The smallest absolute Gasteiger partial charge is 0.356 e. The third-order valence-electron chi connectivity index (χ3n) is 2.77. The highest BCUT2D eigenvalue weighted by Gasteiger charge is 2.38. The minimum atomic E-state index is -4.87. The predicted octanol–water partition coefficient (Wildman–Crippen LogP) is 2.57. The van der Waals surface area contributed by atoms with E-state index in [1.807, 2.05) is 24.3 Å². The Morgan fingerprint density at radius 1 is 1.05 bits per heavy atom. The molecule has 1 aromatic rings. The van der Waals surface area contributed by atoms with Crippen molar-refractivity contribution in [1.82, 2.24) is 10.6 Å². The first kappa shape index (κ1) is 18.5. The minimum absolute atomic E-state index is 0.134. The van der Waals surface area contributed by atoms with Crippen molar-refractivity contribution in [2.75, 3.05) is 13.1 Å². The molecule has 122 valence electrons. The Morgan fingerprint density at radius 2 is 1.64 bits per heavy atom. The van der Waals surface area contributed by atoms with Crippen molar-refractivity contribution in [3.8, 4) is 0 Å². The maximum absolute atomic E-state index is 11.9. The standard InChI is InChI=1S/C14H16BrF3N2O2/c15-11-5-2-10(3-6-11)4-7-12(21)19-8-1-9-20-13(22)14(16,17)18/h2-3,5-6H,1,4,7-9H2,(H,19,21)(H,20,22). The first-order chi connectivity index (χ1) is 10.3. The average molecular weight is 381 g/mol. The lowest BCUT2D eigenvalue weighted by atomic mass is 10.1. The molecule has 0 saturated carbocycles. The molecule has 22 heavy (non-hydrogen) atoms. The molecule has 0 radical (unpaired) electrons. The van der Waals surface area contributed by atoms with Crippen LogP contribution in [0.3, 0.4) is 0 Å². The van der Waals surface area contributed by atoms with Gasteiger partial charge in [0.2, 0.25) is 5.91 Å². The third-order valence-corrected chi connectivity index (χ3v) is 3.30. The lowest BCUT2D eigenvalue weighted by molar-refractivity contribution is -0.173. The number of hydrogen-bond acceptors (Lipinski definition) is 2. The highest BCUT2D eigenvalue weighted by molar-refractivity contribution is 9.10. The Hall–Kier alpha value is -1.57. The fourth-order valence-corrected chi connectivity index (χ4v) is 1.88. The topological polar surface area (TPSA) is 58.2 Å². The SMILES string of the molecule is O=C(CCc1ccc(Br)cc1)NCCCNC(=O)C(F)(F)F. The summed E-state index contributed by atoms with van der Waals surface area (Å²) in [7, 11) is 0. The van der Waals surface area contributed by atoms with E-state index < -0.39 is 12.1 Å². The van der Waals surface area contributed by atoms with E-state index in [1.54, 1.807) is 5.32 Å². The van der Waals surface area contributed by atoms with E-state index in [0.29, 0.717) is 12.8 Å². The fraction of sp³-hybridized carbons (Fsp3) is 0.429. The number of aryl methyl sites for hydroxylation is 1. The summed E-state index contributed by atoms with van der Waals surface area (Å²) < 4.78 is 36.6. The molecule has 2 amide bonds. The molecule has 0 aliphatic rings. The highest BCUT2D eigenvalue weighted by Crippen LogP contribution is 2.14. The van der Waals surface area contributed by atoms with Crippen molar-refractivity contribution >= 4 is 27.7 Å².